The van der Waals surface area contributed by atoms with Gasteiger partial charge in [-0.3, -0.25) is 4.98 Å². The van der Waals surface area contributed by atoms with Gasteiger partial charge in [0.25, 0.3) is 0 Å². The first-order valence-corrected chi connectivity index (χ1v) is 9.89. The summed E-state index contributed by atoms with van der Waals surface area (Å²) in [5.41, 5.74) is 10.5. The number of pyridine rings is 4. The Hall–Kier alpha value is -3.54. The molecule has 6 heteroatoms. The van der Waals surface area contributed by atoms with Crippen LogP contribution < -0.4 is 11.1 Å². The largest absolute Gasteiger partial charge is 0.383 e. The molecule has 0 aromatic carbocycles. The molecular formula is C23H24N6. The van der Waals surface area contributed by atoms with E-state index in [-0.39, 0.29) is 0 Å². The highest BCUT2D eigenvalue weighted by Crippen LogP contribution is 2.29. The van der Waals surface area contributed by atoms with Crippen LogP contribution in [0, 0.1) is 0 Å². The van der Waals surface area contributed by atoms with E-state index in [1.807, 2.05) is 36.7 Å². The summed E-state index contributed by atoms with van der Waals surface area (Å²) in [7, 11) is 0. The quantitative estimate of drug-likeness (QED) is 0.490. The van der Waals surface area contributed by atoms with Crippen LogP contribution in [-0.4, -0.2) is 19.9 Å². The third kappa shape index (κ3) is 4.01. The molecule has 0 atom stereocenters. The van der Waals surface area contributed by atoms with Gasteiger partial charge in [0.15, 0.2) is 0 Å². The number of fused-ring (bicyclic) bond motifs is 1. The molecule has 0 saturated carbocycles. The lowest BCUT2D eigenvalue weighted by molar-refractivity contribution is 0.919. The van der Waals surface area contributed by atoms with E-state index in [0.29, 0.717) is 5.82 Å². The van der Waals surface area contributed by atoms with Gasteiger partial charge in [0, 0.05) is 35.7 Å². The van der Waals surface area contributed by atoms with Gasteiger partial charge in [-0.2, -0.15) is 0 Å². The number of anilines is 3. The highest BCUT2D eigenvalue weighted by atomic mass is 15.0. The van der Waals surface area contributed by atoms with Crippen molar-refractivity contribution in [3.8, 4) is 11.3 Å². The molecule has 0 amide bonds. The maximum absolute atomic E-state index is 6.24. The summed E-state index contributed by atoms with van der Waals surface area (Å²) >= 11 is 0. The number of nitrogens with zero attached hydrogens (tertiary/aromatic N) is 4. The fourth-order valence-electron chi connectivity index (χ4n) is 3.46. The number of nitrogens with two attached hydrogens (primary N) is 1. The predicted octanol–water partition coefficient (Wildman–Crippen LogP) is 4.93. The molecule has 0 aliphatic carbocycles. The van der Waals surface area contributed by atoms with Gasteiger partial charge in [-0.1, -0.05) is 20.3 Å². The van der Waals surface area contributed by atoms with Crippen LogP contribution in [0.15, 0.2) is 55.1 Å². The smallest absolute Gasteiger partial charge is 0.133 e. The van der Waals surface area contributed by atoms with Gasteiger partial charge in [0.1, 0.15) is 17.5 Å². The minimum absolute atomic E-state index is 0.463. The molecule has 4 rings (SSSR count). The molecule has 0 fully saturated rings. The average molecular weight is 384 g/mol. The fourth-order valence-corrected chi connectivity index (χ4v) is 3.46. The second-order valence-corrected chi connectivity index (χ2v) is 6.99. The predicted molar refractivity (Wildman–Crippen MR) is 118 cm³/mol. The number of rotatable bonds is 6. The molecule has 0 unspecified atom stereocenters. The minimum atomic E-state index is 0.463. The van der Waals surface area contributed by atoms with E-state index in [2.05, 4.69) is 45.2 Å². The third-order valence-electron chi connectivity index (χ3n) is 4.93. The molecule has 0 bridgehead atoms. The van der Waals surface area contributed by atoms with Crippen molar-refractivity contribution < 1.29 is 0 Å². The Balaban J connectivity index is 1.72. The molecule has 4 aromatic heterocycles. The molecule has 4 aromatic rings. The van der Waals surface area contributed by atoms with Crippen LogP contribution in [0.2, 0.25) is 0 Å². The Labute approximate surface area is 170 Å². The average Bonchev–Trinajstić information content (AvgIpc) is 2.74. The second kappa shape index (κ2) is 8.22. The van der Waals surface area contributed by atoms with Crippen molar-refractivity contribution in [1.29, 1.82) is 0 Å². The Morgan fingerprint density at radius 3 is 2.66 bits per heavy atom. The molecule has 0 aliphatic rings. The summed E-state index contributed by atoms with van der Waals surface area (Å²) in [5, 5.41) is 5.10. The van der Waals surface area contributed by atoms with Crippen LogP contribution >= 0.6 is 0 Å². The SMILES string of the molecule is CCCc1ccnc(Nc2cc3cc(-c4cnccc4CC)nc(N)c3cn2)c1. The van der Waals surface area contributed by atoms with Gasteiger partial charge in [0.05, 0.1) is 5.69 Å². The van der Waals surface area contributed by atoms with Crippen molar-refractivity contribution in [2.45, 2.75) is 33.1 Å². The summed E-state index contributed by atoms with van der Waals surface area (Å²) in [4.78, 5) is 17.8. The Kier molecular flexibility index (Phi) is 5.33. The zero-order valence-corrected chi connectivity index (χ0v) is 16.7. The van der Waals surface area contributed by atoms with E-state index in [1.54, 1.807) is 12.4 Å². The Morgan fingerprint density at radius 1 is 0.966 bits per heavy atom. The van der Waals surface area contributed by atoms with Gasteiger partial charge >= 0.3 is 0 Å². The lowest BCUT2D eigenvalue weighted by Crippen LogP contribution is -2.00. The summed E-state index contributed by atoms with van der Waals surface area (Å²) in [6.07, 6.45) is 10.3. The second-order valence-electron chi connectivity index (χ2n) is 6.99. The number of aryl methyl sites for hydroxylation is 2. The first-order valence-electron chi connectivity index (χ1n) is 9.89. The molecular weight excluding hydrogens is 360 g/mol. The summed E-state index contributed by atoms with van der Waals surface area (Å²) in [5.74, 6) is 1.97. The van der Waals surface area contributed by atoms with Crippen LogP contribution in [0.4, 0.5) is 17.5 Å². The zero-order valence-electron chi connectivity index (χ0n) is 16.7. The van der Waals surface area contributed by atoms with Crippen LogP contribution in [0.3, 0.4) is 0 Å². The van der Waals surface area contributed by atoms with E-state index >= 15 is 0 Å². The van der Waals surface area contributed by atoms with Crippen molar-refractivity contribution in [2.24, 2.45) is 0 Å². The summed E-state index contributed by atoms with van der Waals surface area (Å²) in [6.45, 7) is 4.29. The third-order valence-corrected chi connectivity index (χ3v) is 4.93. The van der Waals surface area contributed by atoms with E-state index in [1.165, 1.54) is 11.1 Å². The van der Waals surface area contributed by atoms with Gasteiger partial charge < -0.3 is 11.1 Å². The summed E-state index contributed by atoms with van der Waals surface area (Å²) < 4.78 is 0. The molecule has 6 nitrogen and oxygen atoms in total. The molecule has 0 spiro atoms. The highest BCUT2D eigenvalue weighted by Gasteiger charge is 2.10. The number of hydrogen-bond donors (Lipinski definition) is 2. The fraction of sp³-hybridized carbons (Fsp3) is 0.217. The van der Waals surface area contributed by atoms with E-state index < -0.39 is 0 Å². The van der Waals surface area contributed by atoms with Gasteiger partial charge in [-0.25, -0.2) is 15.0 Å². The first-order chi connectivity index (χ1) is 14.2. The molecule has 0 saturated heterocycles. The van der Waals surface area contributed by atoms with Gasteiger partial charge in [-0.05, 0) is 59.7 Å². The Bertz CT molecular complexity index is 1160. The van der Waals surface area contributed by atoms with Crippen molar-refractivity contribution in [3.05, 3.63) is 66.2 Å². The monoisotopic (exact) mass is 384 g/mol. The molecule has 3 N–H and O–H groups in total. The van der Waals surface area contributed by atoms with Crippen molar-refractivity contribution in [3.63, 3.8) is 0 Å². The van der Waals surface area contributed by atoms with Crippen molar-refractivity contribution in [2.75, 3.05) is 11.1 Å². The molecule has 146 valence electrons. The van der Waals surface area contributed by atoms with Crippen molar-refractivity contribution >= 4 is 28.2 Å². The minimum Gasteiger partial charge on any atom is -0.383 e. The maximum Gasteiger partial charge on any atom is 0.133 e. The molecule has 29 heavy (non-hydrogen) atoms. The van der Waals surface area contributed by atoms with Gasteiger partial charge in [-0.15, -0.1) is 0 Å². The lowest BCUT2D eigenvalue weighted by Gasteiger charge is -2.11. The topological polar surface area (TPSA) is 89.6 Å². The van der Waals surface area contributed by atoms with E-state index in [4.69, 9.17) is 5.73 Å². The number of hydrogen-bond acceptors (Lipinski definition) is 6. The van der Waals surface area contributed by atoms with Crippen LogP contribution in [0.5, 0.6) is 0 Å². The van der Waals surface area contributed by atoms with Crippen LogP contribution in [-0.2, 0) is 12.8 Å². The van der Waals surface area contributed by atoms with Crippen LogP contribution in [0.25, 0.3) is 22.0 Å². The van der Waals surface area contributed by atoms with E-state index in [0.717, 1.165) is 52.9 Å². The highest BCUT2D eigenvalue weighted by molar-refractivity contribution is 5.94. The summed E-state index contributed by atoms with van der Waals surface area (Å²) in [6, 6.07) is 10.1. The Morgan fingerprint density at radius 2 is 1.83 bits per heavy atom. The lowest BCUT2D eigenvalue weighted by atomic mass is 10.0. The number of nitrogen functional groups attached to an aromatic ring is 1. The molecule has 4 heterocycles. The van der Waals surface area contributed by atoms with Gasteiger partial charge in [0.2, 0.25) is 0 Å². The first kappa shape index (κ1) is 18.8. The molecule has 0 radical (unpaired) electrons. The standard InChI is InChI=1S/C23H24N6/c1-3-5-15-6-9-26-21(10-15)29-22-12-17-11-20(28-23(24)19(17)14-27-22)18-13-25-8-7-16(18)4-2/h6-14H,3-5H2,1-2H3,(H2,24,28)(H,26,27,29). The normalized spacial score (nSPS) is 11.0. The number of aromatic nitrogens is 4. The maximum atomic E-state index is 6.24. The zero-order chi connectivity index (χ0) is 20.2. The number of nitrogens with one attached hydrogen (secondary N) is 1. The van der Waals surface area contributed by atoms with E-state index in [9.17, 15) is 0 Å². The van der Waals surface area contributed by atoms with Crippen molar-refractivity contribution in [1.82, 2.24) is 19.9 Å². The van der Waals surface area contributed by atoms with Crippen LogP contribution in [0.1, 0.15) is 31.4 Å². The molecule has 0 aliphatic heterocycles.